The number of aliphatic hydroxyl groups excluding tert-OH is 1. The van der Waals surface area contributed by atoms with Crippen LogP contribution in [0.15, 0.2) is 24.3 Å². The van der Waals surface area contributed by atoms with Crippen molar-refractivity contribution in [3.05, 3.63) is 29.8 Å². The van der Waals surface area contributed by atoms with Crippen LogP contribution in [0.5, 0.6) is 0 Å². The monoisotopic (exact) mass is 298 g/mol. The van der Waals surface area contributed by atoms with Gasteiger partial charge in [0.1, 0.15) is 0 Å². The van der Waals surface area contributed by atoms with Crippen molar-refractivity contribution in [2.24, 2.45) is 0 Å². The first kappa shape index (κ1) is 16.7. The molecule has 0 spiro atoms. The SMILES string of the molecule is CC(CCS(C)=O)NC(=O)Nc1cccc(C(C)O)c1. The van der Waals surface area contributed by atoms with E-state index in [2.05, 4.69) is 10.6 Å². The molecule has 0 saturated carbocycles. The van der Waals surface area contributed by atoms with Gasteiger partial charge in [0.2, 0.25) is 0 Å². The van der Waals surface area contributed by atoms with E-state index in [1.54, 1.807) is 37.4 Å². The van der Waals surface area contributed by atoms with Gasteiger partial charge in [0.05, 0.1) is 6.10 Å². The van der Waals surface area contributed by atoms with Crippen LogP contribution in [0.3, 0.4) is 0 Å². The second-order valence-electron chi connectivity index (χ2n) is 4.87. The number of nitrogens with one attached hydrogen (secondary N) is 2. The Bertz CT molecular complexity index is 477. The molecule has 3 unspecified atom stereocenters. The van der Waals surface area contributed by atoms with E-state index in [-0.39, 0.29) is 12.1 Å². The molecule has 5 nitrogen and oxygen atoms in total. The Kier molecular flexibility index (Phi) is 6.67. The Morgan fingerprint density at radius 2 is 2.10 bits per heavy atom. The molecule has 2 amide bonds. The van der Waals surface area contributed by atoms with E-state index in [1.807, 2.05) is 6.92 Å². The zero-order chi connectivity index (χ0) is 15.1. The van der Waals surface area contributed by atoms with Crippen LogP contribution in [0.2, 0.25) is 0 Å². The maximum atomic E-state index is 11.8. The van der Waals surface area contributed by atoms with Crippen LogP contribution in [0.25, 0.3) is 0 Å². The normalized spacial score (nSPS) is 15.2. The van der Waals surface area contributed by atoms with Gasteiger partial charge in [-0.05, 0) is 38.0 Å². The lowest BCUT2D eigenvalue weighted by Crippen LogP contribution is -2.36. The van der Waals surface area contributed by atoms with Crippen molar-refractivity contribution >= 4 is 22.5 Å². The van der Waals surface area contributed by atoms with Crippen LogP contribution in [-0.2, 0) is 10.8 Å². The summed E-state index contributed by atoms with van der Waals surface area (Å²) in [6.07, 6.45) is 1.75. The number of amides is 2. The van der Waals surface area contributed by atoms with Crippen molar-refractivity contribution in [3.8, 4) is 0 Å². The van der Waals surface area contributed by atoms with E-state index in [0.717, 1.165) is 5.56 Å². The first-order chi connectivity index (χ1) is 9.38. The predicted octanol–water partition coefficient (Wildman–Crippen LogP) is 2.02. The van der Waals surface area contributed by atoms with Gasteiger partial charge in [-0.3, -0.25) is 4.21 Å². The molecule has 0 heterocycles. The van der Waals surface area contributed by atoms with Crippen LogP contribution >= 0.6 is 0 Å². The molecule has 0 saturated heterocycles. The summed E-state index contributed by atoms with van der Waals surface area (Å²) in [7, 11) is -0.847. The summed E-state index contributed by atoms with van der Waals surface area (Å²) in [5, 5.41) is 15.0. The molecule has 0 aliphatic heterocycles. The van der Waals surface area contributed by atoms with Gasteiger partial charge in [-0.1, -0.05) is 12.1 Å². The maximum absolute atomic E-state index is 11.8. The third-order valence-electron chi connectivity index (χ3n) is 2.84. The summed E-state index contributed by atoms with van der Waals surface area (Å²) in [5.74, 6) is 0.568. The largest absolute Gasteiger partial charge is 0.389 e. The zero-order valence-corrected chi connectivity index (χ0v) is 12.9. The van der Waals surface area contributed by atoms with Gasteiger partial charge in [0.25, 0.3) is 0 Å². The van der Waals surface area contributed by atoms with E-state index in [0.29, 0.717) is 17.9 Å². The number of carbonyl (C=O) groups excluding carboxylic acids is 1. The number of benzene rings is 1. The van der Waals surface area contributed by atoms with Gasteiger partial charge in [0.15, 0.2) is 0 Å². The lowest BCUT2D eigenvalue weighted by Gasteiger charge is -2.14. The third-order valence-corrected chi connectivity index (χ3v) is 3.65. The molecule has 3 N–H and O–H groups in total. The summed E-state index contributed by atoms with van der Waals surface area (Å²) in [4.78, 5) is 11.8. The maximum Gasteiger partial charge on any atom is 0.319 e. The minimum Gasteiger partial charge on any atom is -0.389 e. The number of anilines is 1. The summed E-state index contributed by atoms with van der Waals surface area (Å²) >= 11 is 0. The smallest absolute Gasteiger partial charge is 0.319 e. The molecule has 112 valence electrons. The number of carbonyl (C=O) groups is 1. The Morgan fingerprint density at radius 1 is 1.40 bits per heavy atom. The van der Waals surface area contributed by atoms with E-state index in [1.165, 1.54) is 0 Å². The molecular formula is C14H22N2O3S. The molecule has 0 radical (unpaired) electrons. The highest BCUT2D eigenvalue weighted by atomic mass is 32.2. The minimum atomic E-state index is -0.847. The lowest BCUT2D eigenvalue weighted by atomic mass is 10.1. The number of rotatable bonds is 6. The molecule has 1 aromatic rings. The van der Waals surface area contributed by atoms with Crippen molar-refractivity contribution in [2.45, 2.75) is 32.4 Å². The fourth-order valence-electron chi connectivity index (χ4n) is 1.68. The first-order valence-corrected chi connectivity index (χ1v) is 8.26. The summed E-state index contributed by atoms with van der Waals surface area (Å²) in [6, 6.07) is 6.72. The molecule has 1 rings (SSSR count). The highest BCUT2D eigenvalue weighted by Gasteiger charge is 2.09. The van der Waals surface area contributed by atoms with E-state index >= 15 is 0 Å². The number of hydrogen-bond acceptors (Lipinski definition) is 3. The highest BCUT2D eigenvalue weighted by Crippen LogP contribution is 2.16. The molecule has 6 heteroatoms. The quantitative estimate of drug-likeness (QED) is 0.752. The fourth-order valence-corrected chi connectivity index (χ4v) is 2.37. The lowest BCUT2D eigenvalue weighted by molar-refractivity contribution is 0.199. The van der Waals surface area contributed by atoms with Crippen LogP contribution in [-0.4, -0.2) is 33.4 Å². The van der Waals surface area contributed by atoms with Crippen LogP contribution in [0.1, 0.15) is 31.9 Å². The molecule has 0 aliphatic rings. The van der Waals surface area contributed by atoms with Gasteiger partial charge in [-0.15, -0.1) is 0 Å². The van der Waals surface area contributed by atoms with Gasteiger partial charge < -0.3 is 15.7 Å². The second kappa shape index (κ2) is 8.01. The van der Waals surface area contributed by atoms with E-state index in [4.69, 9.17) is 0 Å². The van der Waals surface area contributed by atoms with Crippen molar-refractivity contribution in [2.75, 3.05) is 17.3 Å². The van der Waals surface area contributed by atoms with Crippen molar-refractivity contribution < 1.29 is 14.1 Å². The molecule has 0 fully saturated rings. The first-order valence-electron chi connectivity index (χ1n) is 6.54. The molecule has 20 heavy (non-hydrogen) atoms. The predicted molar refractivity (Wildman–Crippen MR) is 82.2 cm³/mol. The van der Waals surface area contributed by atoms with Gasteiger partial charge in [0, 0.05) is 34.5 Å². The summed E-state index contributed by atoms with van der Waals surface area (Å²) < 4.78 is 11.0. The number of aliphatic hydroxyl groups is 1. The average Bonchev–Trinajstić information content (AvgIpc) is 2.36. The number of hydrogen-bond donors (Lipinski definition) is 3. The van der Waals surface area contributed by atoms with E-state index in [9.17, 15) is 14.1 Å². The zero-order valence-electron chi connectivity index (χ0n) is 12.1. The topological polar surface area (TPSA) is 78.4 Å². The Labute approximate surface area is 122 Å². The third kappa shape index (κ3) is 6.16. The minimum absolute atomic E-state index is 0.0427. The van der Waals surface area contributed by atoms with Crippen LogP contribution in [0.4, 0.5) is 10.5 Å². The van der Waals surface area contributed by atoms with Gasteiger partial charge >= 0.3 is 6.03 Å². The summed E-state index contributed by atoms with van der Waals surface area (Å²) in [5.41, 5.74) is 1.38. The standard InChI is InChI=1S/C14H22N2O3S/c1-10(7-8-20(3)19)15-14(18)16-13-6-4-5-12(9-13)11(2)17/h4-6,9-11,17H,7-8H2,1-3H3,(H2,15,16,18). The molecule has 3 atom stereocenters. The van der Waals surface area contributed by atoms with Crippen molar-refractivity contribution in [1.29, 1.82) is 0 Å². The Morgan fingerprint density at radius 3 is 2.70 bits per heavy atom. The Balaban J connectivity index is 2.49. The van der Waals surface area contributed by atoms with E-state index < -0.39 is 16.9 Å². The van der Waals surface area contributed by atoms with Gasteiger partial charge in [-0.2, -0.15) is 0 Å². The van der Waals surface area contributed by atoms with Crippen molar-refractivity contribution in [1.82, 2.24) is 5.32 Å². The fraction of sp³-hybridized carbons (Fsp3) is 0.500. The van der Waals surface area contributed by atoms with Crippen LogP contribution in [0, 0.1) is 0 Å². The average molecular weight is 298 g/mol. The molecule has 0 aliphatic carbocycles. The number of urea groups is 1. The highest BCUT2D eigenvalue weighted by molar-refractivity contribution is 7.84. The Hall–Kier alpha value is -1.40. The molecule has 0 bridgehead atoms. The summed E-state index contributed by atoms with van der Waals surface area (Å²) in [6.45, 7) is 3.55. The second-order valence-corrected chi connectivity index (χ2v) is 6.42. The molecular weight excluding hydrogens is 276 g/mol. The van der Waals surface area contributed by atoms with Gasteiger partial charge in [-0.25, -0.2) is 4.79 Å². The van der Waals surface area contributed by atoms with Crippen molar-refractivity contribution in [3.63, 3.8) is 0 Å². The molecule has 0 aromatic heterocycles. The molecule has 1 aromatic carbocycles. The van der Waals surface area contributed by atoms with Crippen LogP contribution < -0.4 is 10.6 Å².